The number of nitrogens with zero attached hydrogens (tertiary/aromatic N) is 6. The summed E-state index contributed by atoms with van der Waals surface area (Å²) in [5.41, 5.74) is 1.03. The third-order valence-corrected chi connectivity index (χ3v) is 6.51. The van der Waals surface area contributed by atoms with Gasteiger partial charge < -0.3 is 19.7 Å². The predicted octanol–water partition coefficient (Wildman–Crippen LogP) is 2.30. The average Bonchev–Trinajstić information content (AvgIpc) is 3.55. The maximum atomic E-state index is 13.0. The number of ether oxygens (including phenoxy) is 1. The van der Waals surface area contributed by atoms with Crippen molar-refractivity contribution in [1.29, 1.82) is 5.26 Å². The van der Waals surface area contributed by atoms with E-state index in [4.69, 9.17) is 9.26 Å². The van der Waals surface area contributed by atoms with Crippen LogP contribution in [0.1, 0.15) is 57.8 Å². The summed E-state index contributed by atoms with van der Waals surface area (Å²) in [5, 5.41) is 30.8. The number of benzene rings is 1. The van der Waals surface area contributed by atoms with Gasteiger partial charge in [-0.1, -0.05) is 30.3 Å². The summed E-state index contributed by atoms with van der Waals surface area (Å²) < 4.78 is 13.0. The van der Waals surface area contributed by atoms with E-state index in [0.29, 0.717) is 18.8 Å². The topological polar surface area (TPSA) is 161 Å². The SMILES string of the molecule is CC(c1nc(C(=O)Nc2cnoc2)c(O)c(=O)n1C)C(c1cnn(C2COC2)c1)c1ccccc1C#N. The minimum absolute atomic E-state index is 0.125. The molecule has 2 unspecified atom stereocenters. The van der Waals surface area contributed by atoms with Gasteiger partial charge in [-0.05, 0) is 17.2 Å². The van der Waals surface area contributed by atoms with E-state index in [1.807, 2.05) is 29.9 Å². The highest BCUT2D eigenvalue weighted by Gasteiger charge is 2.32. The highest BCUT2D eigenvalue weighted by atomic mass is 16.5. The molecule has 0 spiro atoms. The molecule has 37 heavy (non-hydrogen) atoms. The van der Waals surface area contributed by atoms with Gasteiger partial charge in [-0.25, -0.2) is 4.98 Å². The zero-order valence-corrected chi connectivity index (χ0v) is 20.0. The van der Waals surface area contributed by atoms with Gasteiger partial charge in [0, 0.05) is 25.1 Å². The molecule has 0 aliphatic carbocycles. The van der Waals surface area contributed by atoms with Crippen LogP contribution in [0.15, 0.2) is 58.4 Å². The standard InChI is InChI=1S/C25H23N7O5/c1-14(23-30-21(22(33)25(35)31(23)2)24(34)29-17-9-28-37-11-17)20(19-6-4-3-5-15(19)7-26)16-8-27-32(10-16)18-12-36-13-18/h3-6,8-11,14,18,20,33H,12-13H2,1-2H3,(H,29,34). The molecule has 1 aliphatic rings. The van der Waals surface area contributed by atoms with E-state index in [1.54, 1.807) is 18.3 Å². The number of carbonyl (C=O) groups excluding carboxylic acids is 1. The smallest absolute Gasteiger partial charge is 0.296 e. The molecule has 1 aliphatic heterocycles. The lowest BCUT2D eigenvalue weighted by molar-refractivity contribution is -0.0286. The number of hydrogen-bond donors (Lipinski definition) is 2. The molecule has 1 amide bonds. The Morgan fingerprint density at radius 1 is 1.30 bits per heavy atom. The Hall–Kier alpha value is -4.76. The van der Waals surface area contributed by atoms with E-state index >= 15 is 0 Å². The van der Waals surface area contributed by atoms with E-state index in [9.17, 15) is 20.0 Å². The number of anilines is 1. The molecule has 1 saturated heterocycles. The molecule has 2 N–H and O–H groups in total. The first-order valence-electron chi connectivity index (χ1n) is 11.5. The summed E-state index contributed by atoms with van der Waals surface area (Å²) in [5.74, 6) is -2.28. The van der Waals surface area contributed by atoms with Crippen molar-refractivity contribution < 1.29 is 19.2 Å². The molecular formula is C25H23N7O5. The lowest BCUT2D eigenvalue weighted by atomic mass is 9.80. The number of hydrogen-bond acceptors (Lipinski definition) is 9. The highest BCUT2D eigenvalue weighted by molar-refractivity contribution is 6.04. The Morgan fingerprint density at radius 3 is 2.76 bits per heavy atom. The van der Waals surface area contributed by atoms with Crippen LogP contribution >= 0.6 is 0 Å². The minimum Gasteiger partial charge on any atom is -0.501 e. The van der Waals surface area contributed by atoms with Crippen LogP contribution in [0.25, 0.3) is 0 Å². The van der Waals surface area contributed by atoms with Gasteiger partial charge in [-0.15, -0.1) is 0 Å². The van der Waals surface area contributed by atoms with E-state index in [1.165, 1.54) is 24.1 Å². The number of nitrogens with one attached hydrogen (secondary N) is 1. The summed E-state index contributed by atoms with van der Waals surface area (Å²) >= 11 is 0. The molecule has 1 aromatic carbocycles. The van der Waals surface area contributed by atoms with E-state index < -0.39 is 34.7 Å². The monoisotopic (exact) mass is 501 g/mol. The van der Waals surface area contributed by atoms with Gasteiger partial charge in [0.2, 0.25) is 5.75 Å². The van der Waals surface area contributed by atoms with E-state index in [-0.39, 0.29) is 17.6 Å². The van der Waals surface area contributed by atoms with Gasteiger partial charge in [0.1, 0.15) is 17.8 Å². The summed E-state index contributed by atoms with van der Waals surface area (Å²) in [7, 11) is 1.48. The summed E-state index contributed by atoms with van der Waals surface area (Å²) in [6.45, 7) is 2.98. The Morgan fingerprint density at radius 2 is 2.08 bits per heavy atom. The van der Waals surface area contributed by atoms with Crippen molar-refractivity contribution >= 4 is 11.6 Å². The molecule has 1 fully saturated rings. The maximum absolute atomic E-state index is 13.0. The van der Waals surface area contributed by atoms with Gasteiger partial charge in [0.25, 0.3) is 11.5 Å². The van der Waals surface area contributed by atoms with Crippen molar-refractivity contribution in [2.75, 3.05) is 18.5 Å². The lowest BCUT2D eigenvalue weighted by Gasteiger charge is -2.27. The van der Waals surface area contributed by atoms with Gasteiger partial charge in [-0.3, -0.25) is 18.8 Å². The fourth-order valence-corrected chi connectivity index (χ4v) is 4.47. The minimum atomic E-state index is -0.793. The lowest BCUT2D eigenvalue weighted by Crippen LogP contribution is -2.31. The fraction of sp³-hybridized carbons (Fsp3) is 0.280. The normalized spacial score (nSPS) is 14.9. The summed E-state index contributed by atoms with van der Waals surface area (Å²) in [6, 6.07) is 9.55. The molecule has 0 saturated carbocycles. The zero-order chi connectivity index (χ0) is 26.1. The number of nitriles is 1. The van der Waals surface area contributed by atoms with Crippen LogP contribution in [0.2, 0.25) is 0 Å². The number of carbonyl (C=O) groups is 1. The molecule has 12 nitrogen and oxygen atoms in total. The summed E-state index contributed by atoms with van der Waals surface area (Å²) in [4.78, 5) is 30.3. The molecule has 0 radical (unpaired) electrons. The number of aromatic nitrogens is 5. The Labute approximate surface area is 210 Å². The van der Waals surface area contributed by atoms with Gasteiger partial charge in [0.15, 0.2) is 5.69 Å². The molecule has 3 aromatic heterocycles. The number of aromatic hydroxyl groups is 1. The van der Waals surface area contributed by atoms with Crippen LogP contribution in [-0.2, 0) is 11.8 Å². The molecule has 188 valence electrons. The predicted molar refractivity (Wildman–Crippen MR) is 129 cm³/mol. The van der Waals surface area contributed by atoms with Crippen LogP contribution in [0.5, 0.6) is 5.75 Å². The molecule has 0 bridgehead atoms. The molecule has 12 heteroatoms. The van der Waals surface area contributed by atoms with Gasteiger partial charge in [0.05, 0.1) is 43.3 Å². The molecule has 2 atom stereocenters. The van der Waals surface area contributed by atoms with Crippen LogP contribution in [-0.4, -0.2) is 48.7 Å². The fourth-order valence-electron chi connectivity index (χ4n) is 4.47. The Balaban J connectivity index is 1.61. The summed E-state index contributed by atoms with van der Waals surface area (Å²) in [6.07, 6.45) is 6.12. The highest BCUT2D eigenvalue weighted by Crippen LogP contribution is 2.39. The van der Waals surface area contributed by atoms with Crippen molar-refractivity contribution in [3.8, 4) is 11.8 Å². The molecule has 4 heterocycles. The van der Waals surface area contributed by atoms with Crippen LogP contribution < -0.4 is 10.9 Å². The van der Waals surface area contributed by atoms with Crippen molar-refractivity contribution in [2.24, 2.45) is 7.05 Å². The third kappa shape index (κ3) is 4.36. The Kier molecular flexibility index (Phi) is 6.29. The largest absolute Gasteiger partial charge is 0.501 e. The van der Waals surface area contributed by atoms with Crippen LogP contribution in [0.3, 0.4) is 0 Å². The third-order valence-electron chi connectivity index (χ3n) is 6.51. The molecule has 5 rings (SSSR count). The molecular weight excluding hydrogens is 478 g/mol. The first-order valence-corrected chi connectivity index (χ1v) is 11.5. The van der Waals surface area contributed by atoms with Gasteiger partial charge in [-0.2, -0.15) is 10.4 Å². The first kappa shape index (κ1) is 24.0. The van der Waals surface area contributed by atoms with Crippen molar-refractivity contribution in [3.63, 3.8) is 0 Å². The van der Waals surface area contributed by atoms with Crippen LogP contribution in [0, 0.1) is 11.3 Å². The van der Waals surface area contributed by atoms with Crippen molar-refractivity contribution in [3.05, 3.63) is 87.7 Å². The zero-order valence-electron chi connectivity index (χ0n) is 20.0. The Bertz CT molecular complexity index is 1550. The maximum Gasteiger partial charge on any atom is 0.296 e. The first-order chi connectivity index (χ1) is 17.9. The van der Waals surface area contributed by atoms with Crippen molar-refractivity contribution in [2.45, 2.75) is 24.8 Å². The number of amides is 1. The average molecular weight is 502 g/mol. The quantitative estimate of drug-likeness (QED) is 0.387. The second-order valence-electron chi connectivity index (χ2n) is 8.81. The van der Waals surface area contributed by atoms with Crippen molar-refractivity contribution in [1.82, 2.24) is 24.5 Å². The van der Waals surface area contributed by atoms with Gasteiger partial charge >= 0.3 is 0 Å². The second-order valence-corrected chi connectivity index (χ2v) is 8.81. The van der Waals surface area contributed by atoms with E-state index in [0.717, 1.165) is 11.1 Å². The number of rotatable bonds is 7. The van der Waals surface area contributed by atoms with Crippen LogP contribution in [0.4, 0.5) is 5.69 Å². The van der Waals surface area contributed by atoms with E-state index in [2.05, 4.69) is 26.6 Å². The molecule has 4 aromatic rings. The second kappa shape index (κ2) is 9.71.